The lowest BCUT2D eigenvalue weighted by Gasteiger charge is -2.20. The predicted molar refractivity (Wildman–Crippen MR) is 111 cm³/mol. The highest BCUT2D eigenvalue weighted by atomic mass is 32.2. The molecule has 0 aliphatic rings. The second-order valence-corrected chi connectivity index (χ2v) is 9.22. The number of methoxy groups -OCH3 is 1. The van der Waals surface area contributed by atoms with Crippen LogP contribution in [0, 0.1) is 0 Å². The van der Waals surface area contributed by atoms with Crippen molar-refractivity contribution in [2.75, 3.05) is 18.2 Å². The largest absolute Gasteiger partial charge is 0.481 e. The summed E-state index contributed by atoms with van der Waals surface area (Å²) in [4.78, 5) is 23.7. The first-order valence-corrected chi connectivity index (χ1v) is 10.6. The summed E-state index contributed by atoms with van der Waals surface area (Å²) in [6, 6.07) is 7.77. The van der Waals surface area contributed by atoms with Crippen LogP contribution in [-0.4, -0.2) is 41.0 Å². The van der Waals surface area contributed by atoms with E-state index in [1.165, 1.54) is 35.8 Å². The average molecular weight is 424 g/mol. The van der Waals surface area contributed by atoms with Gasteiger partial charge in [0.15, 0.2) is 10.4 Å². The van der Waals surface area contributed by atoms with Crippen molar-refractivity contribution in [1.29, 1.82) is 0 Å². The monoisotopic (exact) mass is 423 g/mol. The zero-order valence-corrected chi connectivity index (χ0v) is 18.3. The molecule has 2 rings (SSSR count). The molecule has 28 heavy (non-hydrogen) atoms. The summed E-state index contributed by atoms with van der Waals surface area (Å²) in [6.45, 7) is 8.31. The third kappa shape index (κ3) is 6.49. The number of nitrogens with zero attached hydrogens (tertiary/aromatic N) is 2. The molecule has 0 spiro atoms. The van der Waals surface area contributed by atoms with Gasteiger partial charge in [0.25, 0.3) is 5.91 Å². The van der Waals surface area contributed by atoms with Crippen LogP contribution in [0.2, 0.25) is 0 Å². The molecule has 152 valence electrons. The number of hydrogen-bond acceptors (Lipinski definition) is 8. The second kappa shape index (κ2) is 9.88. The fourth-order valence-corrected chi connectivity index (χ4v) is 3.79. The van der Waals surface area contributed by atoms with Crippen LogP contribution in [0.4, 0.5) is 5.13 Å². The van der Waals surface area contributed by atoms with Gasteiger partial charge < -0.3 is 9.47 Å². The Hall–Kier alpha value is -2.13. The summed E-state index contributed by atoms with van der Waals surface area (Å²) in [5, 5.41) is 11.0. The van der Waals surface area contributed by atoms with Crippen LogP contribution in [0.3, 0.4) is 0 Å². The van der Waals surface area contributed by atoms with Gasteiger partial charge in [0.1, 0.15) is 5.75 Å². The van der Waals surface area contributed by atoms with E-state index in [4.69, 9.17) is 4.74 Å². The lowest BCUT2D eigenvalue weighted by Crippen LogP contribution is -2.32. The lowest BCUT2D eigenvalue weighted by molar-refractivity contribution is -0.137. The molecule has 1 atom stereocenters. The number of aromatic nitrogens is 2. The summed E-state index contributed by atoms with van der Waals surface area (Å²) in [5.41, 5.74) is 1.25. The van der Waals surface area contributed by atoms with Gasteiger partial charge in [-0.3, -0.25) is 14.9 Å². The molecule has 1 aromatic heterocycles. The third-order valence-corrected chi connectivity index (χ3v) is 5.79. The Kier molecular flexibility index (Phi) is 7.82. The molecule has 0 radical (unpaired) electrons. The number of esters is 1. The molecule has 0 unspecified atom stereocenters. The Labute approximate surface area is 173 Å². The zero-order valence-electron chi connectivity index (χ0n) is 16.6. The van der Waals surface area contributed by atoms with Crippen LogP contribution in [0.15, 0.2) is 28.6 Å². The Morgan fingerprint density at radius 2 is 1.89 bits per heavy atom. The Bertz CT molecular complexity index is 800. The summed E-state index contributed by atoms with van der Waals surface area (Å²) in [7, 11) is 1.33. The summed E-state index contributed by atoms with van der Waals surface area (Å²) in [5.74, 6) is 0.150. The normalized spacial score (nSPS) is 12.3. The minimum Gasteiger partial charge on any atom is -0.481 e. The maximum atomic E-state index is 12.5. The van der Waals surface area contributed by atoms with Gasteiger partial charge in [-0.05, 0) is 29.5 Å². The van der Waals surface area contributed by atoms with Crippen LogP contribution < -0.4 is 10.1 Å². The first-order chi connectivity index (χ1) is 13.2. The molecule has 1 amide bonds. The molecular formula is C19H25N3O4S2. The van der Waals surface area contributed by atoms with E-state index in [9.17, 15) is 9.59 Å². The second-order valence-electron chi connectivity index (χ2n) is 7.02. The topological polar surface area (TPSA) is 90.4 Å². The number of carbonyl (C=O) groups is 2. The molecule has 1 aromatic carbocycles. The van der Waals surface area contributed by atoms with Gasteiger partial charge >= 0.3 is 5.97 Å². The SMILES string of the molecule is CC[C@H](Oc1ccc(C(C)(C)C)cc1)C(=O)Nc1nnc(SCC(=O)OC)s1. The lowest BCUT2D eigenvalue weighted by atomic mass is 9.87. The Morgan fingerprint density at radius 1 is 1.21 bits per heavy atom. The van der Waals surface area contributed by atoms with E-state index in [-0.39, 0.29) is 23.0 Å². The number of nitrogens with one attached hydrogen (secondary N) is 1. The van der Waals surface area contributed by atoms with Crippen molar-refractivity contribution in [2.45, 2.75) is 50.0 Å². The van der Waals surface area contributed by atoms with Crippen LogP contribution >= 0.6 is 23.1 Å². The maximum absolute atomic E-state index is 12.5. The third-order valence-electron chi connectivity index (χ3n) is 3.84. The van der Waals surface area contributed by atoms with Gasteiger partial charge in [-0.15, -0.1) is 10.2 Å². The van der Waals surface area contributed by atoms with E-state index in [0.29, 0.717) is 21.6 Å². The van der Waals surface area contributed by atoms with E-state index in [2.05, 4.69) is 41.0 Å². The van der Waals surface area contributed by atoms with Gasteiger partial charge in [0.05, 0.1) is 12.9 Å². The van der Waals surface area contributed by atoms with Crippen molar-refractivity contribution >= 4 is 40.1 Å². The van der Waals surface area contributed by atoms with Crippen LogP contribution in [-0.2, 0) is 19.7 Å². The van der Waals surface area contributed by atoms with E-state index in [1.807, 2.05) is 31.2 Å². The van der Waals surface area contributed by atoms with E-state index < -0.39 is 6.10 Å². The van der Waals surface area contributed by atoms with E-state index >= 15 is 0 Å². The van der Waals surface area contributed by atoms with Crippen molar-refractivity contribution in [2.24, 2.45) is 0 Å². The highest BCUT2D eigenvalue weighted by molar-refractivity contribution is 8.01. The maximum Gasteiger partial charge on any atom is 0.316 e. The molecular weight excluding hydrogens is 398 g/mol. The number of rotatable bonds is 8. The smallest absolute Gasteiger partial charge is 0.316 e. The van der Waals surface area contributed by atoms with Gasteiger partial charge in [0.2, 0.25) is 5.13 Å². The van der Waals surface area contributed by atoms with E-state index in [1.54, 1.807) is 0 Å². The molecule has 0 saturated heterocycles. The van der Waals surface area contributed by atoms with Gasteiger partial charge in [-0.25, -0.2) is 0 Å². The van der Waals surface area contributed by atoms with Crippen LogP contribution in [0.5, 0.6) is 5.75 Å². The Balaban J connectivity index is 1.94. The number of thioether (sulfide) groups is 1. The number of benzene rings is 1. The molecule has 0 aliphatic carbocycles. The van der Waals surface area contributed by atoms with Crippen molar-refractivity contribution < 1.29 is 19.1 Å². The number of ether oxygens (including phenoxy) is 2. The summed E-state index contributed by atoms with van der Waals surface area (Å²) >= 11 is 2.41. The van der Waals surface area contributed by atoms with Gasteiger partial charge in [0, 0.05) is 0 Å². The molecule has 7 nitrogen and oxygen atoms in total. The molecule has 1 N–H and O–H groups in total. The van der Waals surface area contributed by atoms with Crippen LogP contribution in [0.1, 0.15) is 39.7 Å². The molecule has 0 fully saturated rings. The first kappa shape index (κ1) is 22.2. The summed E-state index contributed by atoms with van der Waals surface area (Å²) < 4.78 is 11.0. The fraction of sp³-hybridized carbons (Fsp3) is 0.474. The molecule has 9 heteroatoms. The average Bonchev–Trinajstić information content (AvgIpc) is 3.11. The number of carbonyl (C=O) groups excluding carboxylic acids is 2. The zero-order chi connectivity index (χ0) is 20.7. The number of hydrogen-bond donors (Lipinski definition) is 1. The highest BCUT2D eigenvalue weighted by Crippen LogP contribution is 2.27. The van der Waals surface area contributed by atoms with Crippen LogP contribution in [0.25, 0.3) is 0 Å². The predicted octanol–water partition coefficient (Wildman–Crippen LogP) is 3.90. The minimum atomic E-state index is -0.643. The van der Waals surface area contributed by atoms with Crippen molar-refractivity contribution in [3.63, 3.8) is 0 Å². The van der Waals surface area contributed by atoms with E-state index in [0.717, 1.165) is 0 Å². The molecule has 1 heterocycles. The first-order valence-electron chi connectivity index (χ1n) is 8.84. The fourth-order valence-electron chi connectivity index (χ4n) is 2.20. The quantitative estimate of drug-likeness (QED) is 0.391. The highest BCUT2D eigenvalue weighted by Gasteiger charge is 2.21. The number of anilines is 1. The number of amides is 1. The molecule has 0 bridgehead atoms. The van der Waals surface area contributed by atoms with Gasteiger partial charge in [-0.2, -0.15) is 0 Å². The van der Waals surface area contributed by atoms with Crippen molar-refractivity contribution in [1.82, 2.24) is 10.2 Å². The molecule has 2 aromatic rings. The minimum absolute atomic E-state index is 0.0570. The summed E-state index contributed by atoms with van der Waals surface area (Å²) in [6.07, 6.45) is -0.133. The molecule has 0 saturated carbocycles. The van der Waals surface area contributed by atoms with Gasteiger partial charge in [-0.1, -0.05) is 62.9 Å². The van der Waals surface area contributed by atoms with Crippen molar-refractivity contribution in [3.05, 3.63) is 29.8 Å². The molecule has 0 aliphatic heterocycles. The standard InChI is InChI=1S/C19H25N3O4S2/c1-6-14(26-13-9-7-12(8-10-13)19(2,3)4)16(24)20-17-21-22-18(28-17)27-11-15(23)25-5/h7-10,14H,6,11H2,1-5H3,(H,20,21,24)/t14-/m0/s1. The Morgan fingerprint density at radius 3 is 2.46 bits per heavy atom. The van der Waals surface area contributed by atoms with Crippen molar-refractivity contribution in [3.8, 4) is 5.75 Å².